The highest BCUT2D eigenvalue weighted by Crippen LogP contribution is 2.45. The zero-order valence-corrected chi connectivity index (χ0v) is 40.3. The average molecular weight is 889 g/mol. The highest BCUT2D eigenvalue weighted by molar-refractivity contribution is 5.83. The molecule has 2 aliphatic heterocycles. The molecule has 63 heavy (non-hydrogen) atoms. The van der Waals surface area contributed by atoms with Crippen LogP contribution in [0.1, 0.15) is 239 Å². The van der Waals surface area contributed by atoms with Crippen molar-refractivity contribution in [3.8, 4) is 0 Å². The topological polar surface area (TPSA) is 130 Å². The minimum absolute atomic E-state index is 0.0921. The van der Waals surface area contributed by atoms with E-state index in [0.717, 1.165) is 64.2 Å². The summed E-state index contributed by atoms with van der Waals surface area (Å²) < 4.78 is 34.1. The van der Waals surface area contributed by atoms with Crippen LogP contribution in [0, 0.1) is 23.7 Å². The monoisotopic (exact) mass is 889 g/mol. The molecular formula is C53H92O10. The maximum Gasteiger partial charge on any atom is 0.309 e. The first kappa shape index (κ1) is 53.4. The van der Waals surface area contributed by atoms with Gasteiger partial charge >= 0.3 is 23.9 Å². The lowest BCUT2D eigenvalue weighted by atomic mass is 9.79. The Labute approximate surface area is 383 Å². The highest BCUT2D eigenvalue weighted by Gasteiger charge is 2.54. The van der Waals surface area contributed by atoms with E-state index in [1.165, 1.54) is 135 Å². The van der Waals surface area contributed by atoms with Crippen molar-refractivity contribution in [2.75, 3.05) is 26.4 Å². The zero-order chi connectivity index (χ0) is 44.7. The molecule has 0 aromatic heterocycles. The third-order valence-electron chi connectivity index (χ3n) is 14.3. The Kier molecular flexibility index (Phi) is 28.2. The first-order chi connectivity index (χ1) is 30.9. The van der Waals surface area contributed by atoms with Crippen LogP contribution in [-0.2, 0) is 47.6 Å². The Balaban J connectivity index is 0.908. The smallest absolute Gasteiger partial charge is 0.309 e. The number of unbranched alkanes of at least 4 members (excludes halogenated alkanes) is 28. The van der Waals surface area contributed by atoms with Crippen LogP contribution in [0.25, 0.3) is 0 Å². The Morgan fingerprint density at radius 1 is 0.302 bits per heavy atom. The molecule has 4 fully saturated rings. The molecule has 0 amide bonds. The van der Waals surface area contributed by atoms with Crippen LogP contribution in [0.4, 0.5) is 0 Å². The number of fused-ring (bicyclic) bond motifs is 2. The molecule has 10 nitrogen and oxygen atoms in total. The standard InChI is InChI=1S/C53H92O10/c1-3-5-7-9-11-18-22-26-30-34-58-50(54)42-38-46-48(62-46)40-44(42)52(56)60-36-32-28-24-20-16-14-13-15-17-21-25-29-33-37-61-53(57)45-41-49-47(63-49)39-43(45)51(55)59-35-31-27-23-19-12-10-8-6-4-2/h42-49H,3-41H2,1-2H3. The molecule has 0 radical (unpaired) electrons. The lowest BCUT2D eigenvalue weighted by molar-refractivity contribution is -0.162. The summed E-state index contributed by atoms with van der Waals surface area (Å²) in [6.07, 6.45) is 39.4. The average Bonchev–Trinajstić information content (AvgIpc) is 4.23. The Morgan fingerprint density at radius 2 is 0.476 bits per heavy atom. The summed E-state index contributed by atoms with van der Waals surface area (Å²) in [5.74, 6) is -2.81. The van der Waals surface area contributed by atoms with Gasteiger partial charge in [0, 0.05) is 0 Å². The number of rotatable bonds is 40. The minimum Gasteiger partial charge on any atom is -0.465 e. The number of carbonyl (C=O) groups excluding carboxylic acids is 4. The molecule has 4 aliphatic rings. The first-order valence-corrected chi connectivity index (χ1v) is 26.9. The zero-order valence-electron chi connectivity index (χ0n) is 40.3. The maximum atomic E-state index is 13.0. The van der Waals surface area contributed by atoms with Crippen molar-refractivity contribution >= 4 is 23.9 Å². The molecule has 0 aromatic rings. The molecule has 2 saturated carbocycles. The number of epoxide rings is 2. The molecule has 4 rings (SSSR count). The molecule has 2 heterocycles. The largest absolute Gasteiger partial charge is 0.465 e. The number of esters is 4. The van der Waals surface area contributed by atoms with Crippen LogP contribution in [0.15, 0.2) is 0 Å². The molecule has 0 aromatic carbocycles. The third-order valence-corrected chi connectivity index (χ3v) is 14.3. The van der Waals surface area contributed by atoms with E-state index in [1.54, 1.807) is 0 Å². The van der Waals surface area contributed by atoms with Gasteiger partial charge in [0.15, 0.2) is 0 Å². The van der Waals surface area contributed by atoms with Crippen molar-refractivity contribution in [1.82, 2.24) is 0 Å². The Morgan fingerprint density at radius 3 is 0.667 bits per heavy atom. The van der Waals surface area contributed by atoms with E-state index < -0.39 is 23.7 Å². The Hall–Kier alpha value is -2.20. The molecule has 0 bridgehead atoms. The molecule has 2 aliphatic carbocycles. The van der Waals surface area contributed by atoms with Gasteiger partial charge in [-0.15, -0.1) is 0 Å². The van der Waals surface area contributed by atoms with Crippen molar-refractivity contribution in [3.63, 3.8) is 0 Å². The summed E-state index contributed by atoms with van der Waals surface area (Å²) in [5, 5.41) is 0. The summed E-state index contributed by atoms with van der Waals surface area (Å²) in [6, 6.07) is 0. The summed E-state index contributed by atoms with van der Waals surface area (Å²) in [5.41, 5.74) is 0. The van der Waals surface area contributed by atoms with Gasteiger partial charge in [0.2, 0.25) is 0 Å². The van der Waals surface area contributed by atoms with Gasteiger partial charge in [-0.1, -0.05) is 187 Å². The molecule has 364 valence electrons. The summed E-state index contributed by atoms with van der Waals surface area (Å²) in [4.78, 5) is 52.0. The first-order valence-electron chi connectivity index (χ1n) is 26.9. The quantitative estimate of drug-likeness (QED) is 0.0254. The number of carbonyl (C=O) groups is 4. The van der Waals surface area contributed by atoms with Gasteiger partial charge in [0.05, 0.1) is 74.5 Å². The van der Waals surface area contributed by atoms with Crippen molar-refractivity contribution in [2.24, 2.45) is 23.7 Å². The van der Waals surface area contributed by atoms with E-state index in [-0.39, 0.29) is 48.3 Å². The van der Waals surface area contributed by atoms with Gasteiger partial charge in [-0.3, -0.25) is 19.2 Å². The van der Waals surface area contributed by atoms with Gasteiger partial charge in [0.1, 0.15) is 0 Å². The Bertz CT molecular complexity index is 1150. The van der Waals surface area contributed by atoms with Crippen LogP contribution in [-0.4, -0.2) is 74.7 Å². The van der Waals surface area contributed by atoms with Gasteiger partial charge in [-0.25, -0.2) is 0 Å². The second-order valence-corrected chi connectivity index (χ2v) is 19.7. The fourth-order valence-corrected chi connectivity index (χ4v) is 9.98. The van der Waals surface area contributed by atoms with Crippen LogP contribution < -0.4 is 0 Å². The second-order valence-electron chi connectivity index (χ2n) is 19.7. The van der Waals surface area contributed by atoms with Crippen molar-refractivity contribution < 1.29 is 47.6 Å². The lowest BCUT2D eigenvalue weighted by Crippen LogP contribution is -2.37. The van der Waals surface area contributed by atoms with Crippen LogP contribution >= 0.6 is 0 Å². The maximum absolute atomic E-state index is 13.0. The fraction of sp³-hybridized carbons (Fsp3) is 0.925. The van der Waals surface area contributed by atoms with Crippen LogP contribution in [0.3, 0.4) is 0 Å². The normalized spacial score (nSPS) is 24.5. The predicted octanol–water partition coefficient (Wildman–Crippen LogP) is 12.9. The van der Waals surface area contributed by atoms with Gasteiger partial charge in [0.25, 0.3) is 0 Å². The minimum atomic E-state index is -0.450. The predicted molar refractivity (Wildman–Crippen MR) is 248 cm³/mol. The molecule has 10 heteroatoms. The lowest BCUT2D eigenvalue weighted by Gasteiger charge is -2.26. The van der Waals surface area contributed by atoms with Crippen LogP contribution in [0.2, 0.25) is 0 Å². The van der Waals surface area contributed by atoms with Crippen molar-refractivity contribution in [2.45, 2.75) is 263 Å². The number of ether oxygens (including phenoxy) is 6. The van der Waals surface area contributed by atoms with Gasteiger partial charge < -0.3 is 28.4 Å². The van der Waals surface area contributed by atoms with E-state index in [0.29, 0.717) is 52.1 Å². The molecule has 8 atom stereocenters. The van der Waals surface area contributed by atoms with E-state index in [4.69, 9.17) is 28.4 Å². The van der Waals surface area contributed by atoms with E-state index in [2.05, 4.69) is 13.8 Å². The number of hydrogen-bond donors (Lipinski definition) is 0. The summed E-state index contributed by atoms with van der Waals surface area (Å²) in [6.45, 7) is 6.19. The number of hydrogen-bond acceptors (Lipinski definition) is 10. The summed E-state index contributed by atoms with van der Waals surface area (Å²) >= 11 is 0. The molecule has 2 saturated heterocycles. The molecule has 0 spiro atoms. The molecular weight excluding hydrogens is 797 g/mol. The fourth-order valence-electron chi connectivity index (χ4n) is 9.98. The SMILES string of the molecule is CCCCCCCCCCCOC(=O)C1CC2OC2CC1C(=O)OCCCCCCCCCCCCCCCOC(=O)C1CC2OC2CC1C(=O)OCCCCCCCCCCC. The molecule has 0 N–H and O–H groups in total. The highest BCUT2D eigenvalue weighted by atomic mass is 16.6. The van der Waals surface area contributed by atoms with Crippen molar-refractivity contribution in [1.29, 1.82) is 0 Å². The van der Waals surface area contributed by atoms with E-state index >= 15 is 0 Å². The van der Waals surface area contributed by atoms with E-state index in [1.807, 2.05) is 0 Å². The van der Waals surface area contributed by atoms with E-state index in [9.17, 15) is 19.2 Å². The third kappa shape index (κ3) is 22.7. The molecule has 8 unspecified atom stereocenters. The van der Waals surface area contributed by atoms with Gasteiger partial charge in [-0.2, -0.15) is 0 Å². The van der Waals surface area contributed by atoms with Crippen LogP contribution in [0.5, 0.6) is 0 Å². The summed E-state index contributed by atoms with van der Waals surface area (Å²) in [7, 11) is 0. The van der Waals surface area contributed by atoms with Crippen molar-refractivity contribution in [3.05, 3.63) is 0 Å². The van der Waals surface area contributed by atoms with Gasteiger partial charge in [-0.05, 0) is 51.4 Å². The second kappa shape index (κ2) is 33.3.